The lowest BCUT2D eigenvalue weighted by molar-refractivity contribution is -0.114. The Morgan fingerprint density at radius 3 is 2.74 bits per heavy atom. The van der Waals surface area contributed by atoms with Gasteiger partial charge in [0.25, 0.3) is 0 Å². The van der Waals surface area contributed by atoms with Gasteiger partial charge >= 0.3 is 0 Å². The van der Waals surface area contributed by atoms with Gasteiger partial charge < -0.3 is 31.3 Å². The largest absolute Gasteiger partial charge is 0.453 e. The second kappa shape index (κ2) is 11.1. The fourth-order valence-corrected chi connectivity index (χ4v) is 4.16. The van der Waals surface area contributed by atoms with E-state index in [4.69, 9.17) is 26.6 Å². The van der Waals surface area contributed by atoms with Gasteiger partial charge in [-0.2, -0.15) is 0 Å². The Bertz CT molecular complexity index is 1220. The van der Waals surface area contributed by atoms with Crippen LogP contribution in [0.3, 0.4) is 0 Å². The highest BCUT2D eigenvalue weighted by molar-refractivity contribution is 7.99. The second-order valence-corrected chi connectivity index (χ2v) is 8.95. The van der Waals surface area contributed by atoms with Crippen LogP contribution in [0.5, 0.6) is 11.5 Å². The Balaban J connectivity index is 1.62. The molecule has 4 rings (SSSR count). The van der Waals surface area contributed by atoms with E-state index >= 15 is 0 Å². The number of aromatic nitrogens is 3. The van der Waals surface area contributed by atoms with E-state index in [2.05, 4.69) is 32.1 Å². The number of ether oxygens (including phenoxy) is 1. The molecule has 0 spiro atoms. The summed E-state index contributed by atoms with van der Waals surface area (Å²) < 4.78 is 6.25. The van der Waals surface area contributed by atoms with E-state index < -0.39 is 0 Å². The van der Waals surface area contributed by atoms with Crippen LogP contribution in [0.2, 0.25) is 0 Å². The first-order valence-corrected chi connectivity index (χ1v) is 11.8. The molecule has 12 heteroatoms. The Labute approximate surface area is 207 Å². The molecule has 1 aromatic carbocycles. The highest BCUT2D eigenvalue weighted by Gasteiger charge is 2.21. The summed E-state index contributed by atoms with van der Waals surface area (Å²) in [7, 11) is 2.10. The first-order chi connectivity index (χ1) is 16.9. The van der Waals surface area contributed by atoms with Gasteiger partial charge in [0.1, 0.15) is 17.4 Å². The molecular formula is C23H27N9O2S. The van der Waals surface area contributed by atoms with E-state index in [0.29, 0.717) is 28.0 Å². The number of nitrogens with two attached hydrogens (primary N) is 2. The minimum atomic E-state index is -0.332. The highest BCUT2D eigenvalue weighted by atomic mass is 32.2. The molecule has 1 saturated heterocycles. The molecular weight excluding hydrogens is 466 g/mol. The molecule has 3 heterocycles. The van der Waals surface area contributed by atoms with E-state index in [-0.39, 0.29) is 18.3 Å². The van der Waals surface area contributed by atoms with E-state index in [1.54, 1.807) is 36.7 Å². The summed E-state index contributed by atoms with van der Waals surface area (Å²) in [6, 6.07) is 10.6. The van der Waals surface area contributed by atoms with Gasteiger partial charge in [-0.15, -0.1) is 0 Å². The number of piperazine rings is 1. The molecule has 0 unspecified atom stereocenters. The third-order valence-corrected chi connectivity index (χ3v) is 6.12. The lowest BCUT2D eigenvalue weighted by Crippen LogP contribution is -2.44. The number of carbonyl (C=O) groups is 1. The summed E-state index contributed by atoms with van der Waals surface area (Å²) in [5.74, 6) is 1.88. The average Bonchev–Trinajstić information content (AvgIpc) is 2.85. The number of nitrogens with one attached hydrogen (secondary N) is 2. The predicted molar refractivity (Wildman–Crippen MR) is 135 cm³/mol. The number of hydrogen-bond acceptors (Lipinski definition) is 10. The number of anilines is 2. The summed E-state index contributed by atoms with van der Waals surface area (Å²) in [6.07, 6.45) is 3.32. The van der Waals surface area contributed by atoms with E-state index in [1.165, 1.54) is 11.8 Å². The molecule has 1 fully saturated rings. The van der Waals surface area contributed by atoms with Gasteiger partial charge in [-0.1, -0.05) is 12.1 Å². The van der Waals surface area contributed by atoms with Crippen molar-refractivity contribution < 1.29 is 9.53 Å². The van der Waals surface area contributed by atoms with Crippen molar-refractivity contribution in [3.8, 4) is 11.5 Å². The zero-order valence-corrected chi connectivity index (χ0v) is 20.1. The molecule has 0 saturated carbocycles. The number of amidine groups is 1. The van der Waals surface area contributed by atoms with Crippen LogP contribution in [0.15, 0.2) is 58.8 Å². The molecule has 1 aliphatic heterocycles. The number of benzene rings is 1. The van der Waals surface area contributed by atoms with Crippen LogP contribution in [0.1, 0.15) is 5.56 Å². The van der Waals surface area contributed by atoms with Crippen LogP contribution in [-0.2, 0) is 4.79 Å². The zero-order chi connectivity index (χ0) is 24.8. The smallest absolute Gasteiger partial charge is 0.239 e. The quantitative estimate of drug-likeness (QED) is 0.207. The molecule has 35 heavy (non-hydrogen) atoms. The topological polar surface area (TPSA) is 159 Å². The third kappa shape index (κ3) is 6.44. The number of nitrogen functional groups attached to an aromatic ring is 1. The lowest BCUT2D eigenvalue weighted by atomic mass is 10.2. The lowest BCUT2D eigenvalue weighted by Gasteiger charge is -2.34. The van der Waals surface area contributed by atoms with Crippen molar-refractivity contribution in [3.63, 3.8) is 0 Å². The van der Waals surface area contributed by atoms with Gasteiger partial charge in [-0.25, -0.2) is 15.0 Å². The average molecular weight is 494 g/mol. The summed E-state index contributed by atoms with van der Waals surface area (Å²) >= 11 is 1.30. The van der Waals surface area contributed by atoms with Crippen molar-refractivity contribution in [2.24, 2.45) is 11.5 Å². The fraction of sp³-hybridized carbons (Fsp3) is 0.261. The monoisotopic (exact) mass is 493 g/mol. The third-order valence-electron chi connectivity index (χ3n) is 5.28. The Morgan fingerprint density at radius 2 is 2.00 bits per heavy atom. The fourth-order valence-electron chi connectivity index (χ4n) is 3.42. The van der Waals surface area contributed by atoms with Crippen molar-refractivity contribution in [1.82, 2.24) is 19.9 Å². The minimum Gasteiger partial charge on any atom is -0.453 e. The summed E-state index contributed by atoms with van der Waals surface area (Å²) in [4.78, 5) is 30.2. The number of likely N-dealkylation sites (N-methyl/N-ethyl adjacent to an activating group) is 1. The maximum Gasteiger partial charge on any atom is 0.239 e. The summed E-state index contributed by atoms with van der Waals surface area (Å²) in [5, 5.41) is 10.8. The van der Waals surface area contributed by atoms with Crippen molar-refractivity contribution in [2.75, 3.05) is 50.0 Å². The molecule has 1 amide bonds. The van der Waals surface area contributed by atoms with Gasteiger partial charge in [-0.05, 0) is 37.0 Å². The van der Waals surface area contributed by atoms with Gasteiger partial charge in [0.15, 0.2) is 16.7 Å². The number of rotatable bonds is 8. The van der Waals surface area contributed by atoms with E-state index in [0.717, 1.165) is 36.9 Å². The van der Waals surface area contributed by atoms with Crippen molar-refractivity contribution in [2.45, 2.75) is 10.1 Å². The first-order valence-electron chi connectivity index (χ1n) is 11.0. The standard InChI is InChI=1S/C23H27N9O2S/c1-31-7-9-32(10-8-31)22-18(34-16-4-2-3-15(11-16)21(25)26)12-17(14-28-22)35-23-27-6-5-19(30-23)29-20(33)13-24/h2-6,11-12,14H,7-10,13,24H2,1H3,(H3,25,26)(H,27,29,30,33). The molecule has 1 aliphatic rings. The van der Waals surface area contributed by atoms with Crippen LogP contribution >= 0.6 is 11.8 Å². The maximum absolute atomic E-state index is 11.6. The Hall–Kier alpha value is -3.74. The number of nitrogens with zero attached hydrogens (tertiary/aromatic N) is 5. The number of pyridine rings is 1. The van der Waals surface area contributed by atoms with E-state index in [9.17, 15) is 4.79 Å². The molecule has 2 aromatic heterocycles. The molecule has 0 radical (unpaired) electrons. The summed E-state index contributed by atoms with van der Waals surface area (Å²) in [5.41, 5.74) is 11.6. The van der Waals surface area contributed by atoms with Gasteiger partial charge in [0, 0.05) is 55.1 Å². The maximum atomic E-state index is 11.6. The molecule has 3 aromatic rings. The normalized spacial score (nSPS) is 13.9. The predicted octanol–water partition coefficient (Wildman–Crippen LogP) is 1.75. The summed E-state index contributed by atoms with van der Waals surface area (Å²) in [6.45, 7) is 3.37. The van der Waals surface area contributed by atoms with Gasteiger partial charge in [0.2, 0.25) is 5.91 Å². The molecule has 11 nitrogen and oxygen atoms in total. The first kappa shape index (κ1) is 24.4. The van der Waals surface area contributed by atoms with Crippen LogP contribution in [0.25, 0.3) is 0 Å². The zero-order valence-electron chi connectivity index (χ0n) is 19.3. The van der Waals surface area contributed by atoms with Crippen molar-refractivity contribution >= 4 is 35.1 Å². The highest BCUT2D eigenvalue weighted by Crippen LogP contribution is 2.36. The number of carbonyl (C=O) groups excluding carboxylic acids is 1. The molecule has 6 N–H and O–H groups in total. The number of amides is 1. The Kier molecular flexibility index (Phi) is 7.75. The van der Waals surface area contributed by atoms with Crippen LogP contribution in [0, 0.1) is 5.41 Å². The Morgan fingerprint density at radius 1 is 1.20 bits per heavy atom. The van der Waals surface area contributed by atoms with Gasteiger partial charge in [-0.3, -0.25) is 10.2 Å². The molecule has 182 valence electrons. The van der Waals surface area contributed by atoms with Crippen molar-refractivity contribution in [3.05, 3.63) is 54.4 Å². The SMILES string of the molecule is CN1CCN(c2ncc(Sc3nccc(NC(=O)CN)n3)cc2Oc2cccc(C(=N)N)c2)CC1. The minimum absolute atomic E-state index is 0.0315. The van der Waals surface area contributed by atoms with Gasteiger partial charge in [0.05, 0.1) is 6.54 Å². The molecule has 0 bridgehead atoms. The van der Waals surface area contributed by atoms with E-state index in [1.807, 2.05) is 12.1 Å². The van der Waals surface area contributed by atoms with Crippen molar-refractivity contribution in [1.29, 1.82) is 5.41 Å². The van der Waals surface area contributed by atoms with Crippen LogP contribution in [-0.4, -0.2) is 71.4 Å². The van der Waals surface area contributed by atoms with Crippen LogP contribution < -0.4 is 26.4 Å². The molecule has 0 atom stereocenters. The second-order valence-electron chi connectivity index (χ2n) is 7.91. The van der Waals surface area contributed by atoms with Crippen LogP contribution in [0.4, 0.5) is 11.6 Å². The molecule has 0 aliphatic carbocycles. The number of hydrogen-bond donors (Lipinski definition) is 4.